The van der Waals surface area contributed by atoms with E-state index in [2.05, 4.69) is 6.92 Å². The van der Waals surface area contributed by atoms with E-state index in [0.29, 0.717) is 6.42 Å². The summed E-state index contributed by atoms with van der Waals surface area (Å²) in [6, 6.07) is 9.80. The van der Waals surface area contributed by atoms with Crippen LogP contribution >= 0.6 is 0 Å². The van der Waals surface area contributed by atoms with Crippen LogP contribution in [0.1, 0.15) is 78.1 Å². The van der Waals surface area contributed by atoms with Crippen LogP contribution in [0.5, 0.6) is 5.75 Å². The Morgan fingerprint density at radius 1 is 0.870 bits per heavy atom. The standard InChI is InChI=1S/C12H25NO.C8H10O/c1-2-3-4-5-6-7-8-9-10-11-12(13)14;1-2-9-8-6-4-3-5-7-8/h2-11H2,1H3,(H2,13,14);3-7H,2H2,1H3. The highest BCUT2D eigenvalue weighted by molar-refractivity contribution is 5.73. The first-order chi connectivity index (χ1) is 11.2. The monoisotopic (exact) mass is 321 g/mol. The van der Waals surface area contributed by atoms with Crippen molar-refractivity contribution in [2.24, 2.45) is 5.73 Å². The first kappa shape index (κ1) is 21.5. The van der Waals surface area contributed by atoms with Gasteiger partial charge in [0.05, 0.1) is 6.61 Å². The van der Waals surface area contributed by atoms with Crippen LogP contribution in [0.3, 0.4) is 0 Å². The molecule has 0 atom stereocenters. The van der Waals surface area contributed by atoms with Crippen LogP contribution in [0.2, 0.25) is 0 Å². The Labute approximate surface area is 142 Å². The summed E-state index contributed by atoms with van der Waals surface area (Å²) in [5.41, 5.74) is 5.05. The fourth-order valence-corrected chi connectivity index (χ4v) is 2.29. The molecule has 1 rings (SSSR count). The lowest BCUT2D eigenvalue weighted by Crippen LogP contribution is -2.09. The molecule has 0 saturated carbocycles. The van der Waals surface area contributed by atoms with E-state index in [1.54, 1.807) is 0 Å². The van der Waals surface area contributed by atoms with Crippen molar-refractivity contribution in [1.29, 1.82) is 0 Å². The van der Waals surface area contributed by atoms with E-state index in [1.807, 2.05) is 37.3 Å². The number of carbonyl (C=O) groups excluding carboxylic acids is 1. The third kappa shape index (κ3) is 16.7. The van der Waals surface area contributed by atoms with E-state index in [-0.39, 0.29) is 5.91 Å². The number of primary amides is 1. The van der Waals surface area contributed by atoms with Crippen molar-refractivity contribution in [2.45, 2.75) is 78.1 Å². The van der Waals surface area contributed by atoms with Gasteiger partial charge in [0, 0.05) is 6.42 Å². The van der Waals surface area contributed by atoms with Gasteiger partial charge in [0.15, 0.2) is 0 Å². The summed E-state index contributed by atoms with van der Waals surface area (Å²) in [6.45, 7) is 4.96. The Morgan fingerprint density at radius 3 is 1.87 bits per heavy atom. The number of rotatable bonds is 12. The van der Waals surface area contributed by atoms with Crippen LogP contribution in [-0.4, -0.2) is 12.5 Å². The van der Waals surface area contributed by atoms with E-state index in [0.717, 1.165) is 25.2 Å². The summed E-state index contributed by atoms with van der Waals surface area (Å²) in [7, 11) is 0. The SMILES string of the molecule is CCCCCCCCCCCC(N)=O.CCOc1ccccc1. The molecule has 0 fully saturated rings. The normalized spacial score (nSPS) is 9.83. The summed E-state index contributed by atoms with van der Waals surface area (Å²) >= 11 is 0. The largest absolute Gasteiger partial charge is 0.494 e. The summed E-state index contributed by atoms with van der Waals surface area (Å²) < 4.78 is 5.21. The fraction of sp³-hybridized carbons (Fsp3) is 0.650. The van der Waals surface area contributed by atoms with E-state index < -0.39 is 0 Å². The van der Waals surface area contributed by atoms with Gasteiger partial charge in [-0.15, -0.1) is 0 Å². The maximum atomic E-state index is 10.4. The second-order valence-corrected chi connectivity index (χ2v) is 5.79. The molecule has 3 heteroatoms. The molecule has 132 valence electrons. The molecular weight excluding hydrogens is 286 g/mol. The molecule has 0 aromatic heterocycles. The summed E-state index contributed by atoms with van der Waals surface area (Å²) in [5.74, 6) is 0.785. The number of ether oxygens (including phenoxy) is 1. The molecule has 1 aromatic carbocycles. The molecule has 0 bridgehead atoms. The minimum absolute atomic E-state index is 0.159. The van der Waals surface area contributed by atoms with Gasteiger partial charge in [-0.2, -0.15) is 0 Å². The van der Waals surface area contributed by atoms with Gasteiger partial charge >= 0.3 is 0 Å². The van der Waals surface area contributed by atoms with Crippen LogP contribution in [0, 0.1) is 0 Å². The highest BCUT2D eigenvalue weighted by atomic mass is 16.5. The van der Waals surface area contributed by atoms with Gasteiger partial charge in [-0.25, -0.2) is 0 Å². The minimum Gasteiger partial charge on any atom is -0.494 e. The number of carbonyl (C=O) groups is 1. The van der Waals surface area contributed by atoms with Gasteiger partial charge in [0.25, 0.3) is 0 Å². The van der Waals surface area contributed by atoms with Crippen LogP contribution < -0.4 is 10.5 Å². The number of hydrogen-bond acceptors (Lipinski definition) is 2. The average molecular weight is 322 g/mol. The lowest BCUT2D eigenvalue weighted by molar-refractivity contribution is -0.118. The number of para-hydroxylation sites is 1. The molecule has 1 amide bonds. The van der Waals surface area contributed by atoms with Gasteiger partial charge in [0.1, 0.15) is 5.75 Å². The zero-order valence-electron chi connectivity index (χ0n) is 15.1. The van der Waals surface area contributed by atoms with Crippen LogP contribution in [-0.2, 0) is 4.79 Å². The number of nitrogens with two attached hydrogens (primary N) is 1. The van der Waals surface area contributed by atoms with Crippen LogP contribution in [0.25, 0.3) is 0 Å². The van der Waals surface area contributed by atoms with E-state index in [9.17, 15) is 4.79 Å². The van der Waals surface area contributed by atoms with Crippen LogP contribution in [0.4, 0.5) is 0 Å². The maximum Gasteiger partial charge on any atom is 0.217 e. The summed E-state index contributed by atoms with van der Waals surface area (Å²) in [5, 5.41) is 0. The molecule has 0 spiro atoms. The molecule has 1 aromatic rings. The molecule has 23 heavy (non-hydrogen) atoms. The molecule has 2 N–H and O–H groups in total. The average Bonchev–Trinajstić information content (AvgIpc) is 2.55. The van der Waals surface area contributed by atoms with Gasteiger partial charge in [0.2, 0.25) is 5.91 Å². The van der Waals surface area contributed by atoms with Crippen molar-refractivity contribution >= 4 is 5.91 Å². The molecular formula is C20H35NO2. The number of unbranched alkanes of at least 4 members (excludes halogenated alkanes) is 8. The molecule has 0 saturated heterocycles. The zero-order chi connectivity index (χ0) is 17.2. The van der Waals surface area contributed by atoms with E-state index in [4.69, 9.17) is 10.5 Å². The van der Waals surface area contributed by atoms with Crippen molar-refractivity contribution in [1.82, 2.24) is 0 Å². The Hall–Kier alpha value is -1.51. The summed E-state index contributed by atoms with van der Waals surface area (Å²) in [6.07, 6.45) is 12.1. The third-order valence-electron chi connectivity index (χ3n) is 3.58. The first-order valence-electron chi connectivity index (χ1n) is 9.16. The fourth-order valence-electron chi connectivity index (χ4n) is 2.29. The van der Waals surface area contributed by atoms with Gasteiger partial charge in [-0.1, -0.05) is 76.5 Å². The van der Waals surface area contributed by atoms with Crippen molar-refractivity contribution < 1.29 is 9.53 Å². The van der Waals surface area contributed by atoms with Crippen molar-refractivity contribution in [3.63, 3.8) is 0 Å². The zero-order valence-corrected chi connectivity index (χ0v) is 15.1. The van der Waals surface area contributed by atoms with Crippen molar-refractivity contribution in [2.75, 3.05) is 6.61 Å². The molecule has 0 aliphatic carbocycles. The molecule has 0 unspecified atom stereocenters. The second-order valence-electron chi connectivity index (χ2n) is 5.79. The lowest BCUT2D eigenvalue weighted by Gasteiger charge is -2.00. The Morgan fingerprint density at radius 2 is 1.39 bits per heavy atom. The molecule has 0 heterocycles. The van der Waals surface area contributed by atoms with Gasteiger partial charge in [-0.3, -0.25) is 4.79 Å². The van der Waals surface area contributed by atoms with Crippen molar-refractivity contribution in [3.05, 3.63) is 30.3 Å². The third-order valence-corrected chi connectivity index (χ3v) is 3.58. The quantitative estimate of drug-likeness (QED) is 0.518. The number of hydrogen-bond donors (Lipinski definition) is 1. The first-order valence-corrected chi connectivity index (χ1v) is 9.16. The molecule has 0 radical (unpaired) electrons. The van der Waals surface area contributed by atoms with E-state index in [1.165, 1.54) is 44.9 Å². The molecule has 0 aliphatic rings. The predicted octanol–water partition coefficient (Wildman–Crippen LogP) is 5.48. The van der Waals surface area contributed by atoms with E-state index >= 15 is 0 Å². The predicted molar refractivity (Wildman–Crippen MR) is 98.6 cm³/mol. The molecule has 3 nitrogen and oxygen atoms in total. The summed E-state index contributed by atoms with van der Waals surface area (Å²) in [4.78, 5) is 10.4. The topological polar surface area (TPSA) is 52.3 Å². The Balaban J connectivity index is 0.000000459. The Kier molecular flexibility index (Phi) is 15.7. The smallest absolute Gasteiger partial charge is 0.217 e. The second kappa shape index (κ2) is 16.9. The highest BCUT2D eigenvalue weighted by Gasteiger charge is 1.94. The van der Waals surface area contributed by atoms with Gasteiger partial charge < -0.3 is 10.5 Å². The molecule has 0 aliphatic heterocycles. The van der Waals surface area contributed by atoms with Gasteiger partial charge in [-0.05, 0) is 25.5 Å². The Bertz CT molecular complexity index is 365. The maximum absolute atomic E-state index is 10.4. The number of benzene rings is 1. The highest BCUT2D eigenvalue weighted by Crippen LogP contribution is 2.10. The van der Waals surface area contributed by atoms with Crippen LogP contribution in [0.15, 0.2) is 30.3 Å². The van der Waals surface area contributed by atoms with Crippen molar-refractivity contribution in [3.8, 4) is 5.75 Å². The number of amides is 1. The lowest BCUT2D eigenvalue weighted by atomic mass is 10.1. The minimum atomic E-state index is -0.159.